The molecule has 1 atom stereocenters. The Morgan fingerprint density at radius 1 is 1.47 bits per heavy atom. The van der Waals surface area contributed by atoms with Crippen LogP contribution in [0.1, 0.15) is 27.2 Å². The molecule has 1 rings (SSSR count). The number of carbonyl (C=O) groups is 1. The zero-order valence-corrected chi connectivity index (χ0v) is 11.3. The third-order valence-electron chi connectivity index (χ3n) is 2.86. The molecule has 0 saturated heterocycles. The maximum Gasteiger partial charge on any atom is 0.271 e. The van der Waals surface area contributed by atoms with E-state index in [4.69, 9.17) is 5.73 Å². The number of non-ortho nitro benzene ring substituents is 1. The number of hydrogen-bond donors (Lipinski definition) is 2. The molecule has 0 bridgehead atoms. The predicted octanol–water partition coefficient (Wildman–Crippen LogP) is 2.30. The average Bonchev–Trinajstić information content (AvgIpc) is 2.27. The Kier molecular flexibility index (Phi) is 4.61. The van der Waals surface area contributed by atoms with Gasteiger partial charge in [-0.15, -0.1) is 0 Å². The van der Waals surface area contributed by atoms with Gasteiger partial charge >= 0.3 is 0 Å². The van der Waals surface area contributed by atoms with Crippen LogP contribution in [0, 0.1) is 15.5 Å². The summed E-state index contributed by atoms with van der Waals surface area (Å²) in [7, 11) is 0. The molecule has 1 unspecified atom stereocenters. The van der Waals surface area contributed by atoms with Crippen molar-refractivity contribution in [1.29, 1.82) is 0 Å². The summed E-state index contributed by atoms with van der Waals surface area (Å²) in [6.07, 6.45) is 0.173. The van der Waals surface area contributed by atoms with E-state index in [0.29, 0.717) is 5.69 Å². The van der Waals surface area contributed by atoms with Gasteiger partial charge in [-0.1, -0.05) is 26.8 Å². The van der Waals surface area contributed by atoms with Crippen LogP contribution in [-0.4, -0.2) is 16.9 Å². The van der Waals surface area contributed by atoms with E-state index in [1.807, 2.05) is 20.8 Å². The highest BCUT2D eigenvalue weighted by atomic mass is 16.6. The van der Waals surface area contributed by atoms with E-state index in [2.05, 4.69) is 5.32 Å². The lowest BCUT2D eigenvalue weighted by atomic mass is 9.85. The van der Waals surface area contributed by atoms with Gasteiger partial charge in [0, 0.05) is 30.3 Å². The second kappa shape index (κ2) is 5.79. The molecule has 0 fully saturated rings. The number of nitrogens with two attached hydrogens (primary N) is 1. The molecule has 1 aromatic rings. The summed E-state index contributed by atoms with van der Waals surface area (Å²) in [4.78, 5) is 21.9. The quantitative estimate of drug-likeness (QED) is 0.644. The average molecular weight is 265 g/mol. The standard InChI is InChI=1S/C13H19N3O3/c1-13(2,3)11(14)8-12(17)15-9-5-4-6-10(7-9)16(18)19/h4-7,11H,8,14H2,1-3H3,(H,15,17). The largest absolute Gasteiger partial charge is 0.327 e. The van der Waals surface area contributed by atoms with Crippen molar-refractivity contribution >= 4 is 17.3 Å². The Bertz CT molecular complexity index is 480. The van der Waals surface area contributed by atoms with Gasteiger partial charge in [0.15, 0.2) is 0 Å². The first kappa shape index (κ1) is 15.1. The van der Waals surface area contributed by atoms with Crippen LogP contribution in [0.4, 0.5) is 11.4 Å². The van der Waals surface area contributed by atoms with Gasteiger partial charge in [0.1, 0.15) is 0 Å². The first-order valence-electron chi connectivity index (χ1n) is 6.00. The van der Waals surface area contributed by atoms with Gasteiger partial charge in [-0.05, 0) is 11.5 Å². The van der Waals surface area contributed by atoms with E-state index >= 15 is 0 Å². The molecule has 1 aromatic carbocycles. The van der Waals surface area contributed by atoms with Crippen molar-refractivity contribution in [3.05, 3.63) is 34.4 Å². The number of nitrogens with one attached hydrogen (secondary N) is 1. The van der Waals surface area contributed by atoms with Crippen molar-refractivity contribution in [3.63, 3.8) is 0 Å². The molecule has 0 aliphatic rings. The van der Waals surface area contributed by atoms with Crippen molar-refractivity contribution in [3.8, 4) is 0 Å². The van der Waals surface area contributed by atoms with E-state index in [1.54, 1.807) is 6.07 Å². The summed E-state index contributed by atoms with van der Waals surface area (Å²) in [5, 5.41) is 13.2. The monoisotopic (exact) mass is 265 g/mol. The molecule has 19 heavy (non-hydrogen) atoms. The van der Waals surface area contributed by atoms with Crippen molar-refractivity contribution in [1.82, 2.24) is 0 Å². The Balaban J connectivity index is 2.67. The van der Waals surface area contributed by atoms with Gasteiger partial charge in [-0.2, -0.15) is 0 Å². The molecule has 6 nitrogen and oxygen atoms in total. The van der Waals surface area contributed by atoms with Crippen LogP contribution >= 0.6 is 0 Å². The first-order chi connectivity index (χ1) is 8.70. The smallest absolute Gasteiger partial charge is 0.271 e. The Morgan fingerprint density at radius 2 is 2.11 bits per heavy atom. The zero-order chi connectivity index (χ0) is 14.6. The molecule has 0 aromatic heterocycles. The molecule has 0 heterocycles. The van der Waals surface area contributed by atoms with Gasteiger partial charge < -0.3 is 11.1 Å². The lowest BCUT2D eigenvalue weighted by Crippen LogP contribution is -2.38. The van der Waals surface area contributed by atoms with Crippen LogP contribution in [0.15, 0.2) is 24.3 Å². The summed E-state index contributed by atoms with van der Waals surface area (Å²) in [6, 6.07) is 5.55. The Hall–Kier alpha value is -1.95. The third-order valence-corrected chi connectivity index (χ3v) is 2.86. The lowest BCUT2D eigenvalue weighted by molar-refractivity contribution is -0.384. The molecule has 0 aliphatic carbocycles. The Labute approximate surface area is 112 Å². The number of nitro benzene ring substituents is 1. The summed E-state index contributed by atoms with van der Waals surface area (Å²) >= 11 is 0. The van der Waals surface area contributed by atoms with Crippen molar-refractivity contribution in [2.45, 2.75) is 33.2 Å². The minimum absolute atomic E-state index is 0.0575. The number of benzene rings is 1. The highest BCUT2D eigenvalue weighted by Gasteiger charge is 2.23. The van der Waals surface area contributed by atoms with Gasteiger partial charge in [0.05, 0.1) is 4.92 Å². The fourth-order valence-electron chi connectivity index (χ4n) is 1.42. The van der Waals surface area contributed by atoms with Crippen LogP contribution in [0.3, 0.4) is 0 Å². The molecular weight excluding hydrogens is 246 g/mol. The normalized spacial score (nSPS) is 12.8. The van der Waals surface area contributed by atoms with Crippen LogP contribution < -0.4 is 11.1 Å². The highest BCUT2D eigenvalue weighted by Crippen LogP contribution is 2.21. The van der Waals surface area contributed by atoms with Gasteiger partial charge in [-0.25, -0.2) is 0 Å². The molecule has 0 spiro atoms. The van der Waals surface area contributed by atoms with E-state index in [0.717, 1.165) is 0 Å². The summed E-state index contributed by atoms with van der Waals surface area (Å²) in [5.41, 5.74) is 6.09. The predicted molar refractivity (Wildman–Crippen MR) is 73.8 cm³/mol. The van der Waals surface area contributed by atoms with Crippen molar-refractivity contribution < 1.29 is 9.72 Å². The van der Waals surface area contributed by atoms with Crippen LogP contribution in [0.25, 0.3) is 0 Å². The Morgan fingerprint density at radius 3 is 2.63 bits per heavy atom. The second-order valence-corrected chi connectivity index (χ2v) is 5.53. The summed E-state index contributed by atoms with van der Waals surface area (Å²) < 4.78 is 0. The van der Waals surface area contributed by atoms with Gasteiger partial charge in [-0.3, -0.25) is 14.9 Å². The number of nitrogens with zero attached hydrogens (tertiary/aromatic N) is 1. The fraction of sp³-hybridized carbons (Fsp3) is 0.462. The van der Waals surface area contributed by atoms with Crippen LogP contribution in [0.2, 0.25) is 0 Å². The van der Waals surface area contributed by atoms with Crippen molar-refractivity contribution in [2.75, 3.05) is 5.32 Å². The number of rotatable bonds is 4. The van der Waals surface area contributed by atoms with E-state index in [9.17, 15) is 14.9 Å². The highest BCUT2D eigenvalue weighted by molar-refractivity contribution is 5.91. The summed E-state index contributed by atoms with van der Waals surface area (Å²) in [6.45, 7) is 5.87. The van der Waals surface area contributed by atoms with E-state index in [-0.39, 0.29) is 29.5 Å². The van der Waals surface area contributed by atoms with Crippen molar-refractivity contribution in [2.24, 2.45) is 11.1 Å². The van der Waals surface area contributed by atoms with E-state index in [1.165, 1.54) is 18.2 Å². The van der Waals surface area contributed by atoms with E-state index < -0.39 is 4.92 Å². The molecule has 1 amide bonds. The van der Waals surface area contributed by atoms with Crippen LogP contribution in [-0.2, 0) is 4.79 Å². The molecule has 104 valence electrons. The third kappa shape index (κ3) is 4.67. The minimum Gasteiger partial charge on any atom is -0.327 e. The number of nitro groups is 1. The number of anilines is 1. The molecule has 0 saturated carbocycles. The second-order valence-electron chi connectivity index (χ2n) is 5.53. The molecular formula is C13H19N3O3. The molecule has 3 N–H and O–H groups in total. The first-order valence-corrected chi connectivity index (χ1v) is 6.00. The molecule has 0 radical (unpaired) electrons. The van der Waals surface area contributed by atoms with Crippen LogP contribution in [0.5, 0.6) is 0 Å². The summed E-state index contributed by atoms with van der Waals surface area (Å²) in [5.74, 6) is -0.247. The molecule has 6 heteroatoms. The SMILES string of the molecule is CC(C)(C)C(N)CC(=O)Nc1cccc([N+](=O)[O-])c1. The lowest BCUT2D eigenvalue weighted by Gasteiger charge is -2.26. The number of amides is 1. The maximum absolute atomic E-state index is 11.8. The fourth-order valence-corrected chi connectivity index (χ4v) is 1.42. The molecule has 0 aliphatic heterocycles. The number of hydrogen-bond acceptors (Lipinski definition) is 4. The number of carbonyl (C=O) groups excluding carboxylic acids is 1. The topological polar surface area (TPSA) is 98.3 Å². The van der Waals surface area contributed by atoms with Gasteiger partial charge in [0.2, 0.25) is 5.91 Å². The maximum atomic E-state index is 11.8. The minimum atomic E-state index is -0.503. The van der Waals surface area contributed by atoms with Gasteiger partial charge in [0.25, 0.3) is 5.69 Å². The zero-order valence-electron chi connectivity index (χ0n) is 11.3.